The van der Waals surface area contributed by atoms with Gasteiger partial charge in [0.15, 0.2) is 0 Å². The number of methoxy groups -OCH3 is 1. The number of carbonyl (C=O) groups excluding carboxylic acids is 1. The van der Waals surface area contributed by atoms with Gasteiger partial charge in [-0.3, -0.25) is 4.84 Å². The van der Waals surface area contributed by atoms with Crippen molar-refractivity contribution in [2.45, 2.75) is 44.4 Å². The van der Waals surface area contributed by atoms with E-state index in [1.807, 2.05) is 32.3 Å². The van der Waals surface area contributed by atoms with Gasteiger partial charge in [-0.25, -0.2) is 4.79 Å². The number of ether oxygens (including phenoxy) is 2. The van der Waals surface area contributed by atoms with Crippen LogP contribution in [0, 0.1) is 0 Å². The number of rotatable bonds is 14. The molecular weight excluding hydrogens is 475 g/mol. The van der Waals surface area contributed by atoms with Crippen LogP contribution in [0.1, 0.15) is 55.0 Å². The highest BCUT2D eigenvalue weighted by atomic mass is 19.4. The second-order valence-electron chi connectivity index (χ2n) is 8.66. The molecule has 2 N–H and O–H groups in total. The summed E-state index contributed by atoms with van der Waals surface area (Å²) in [5, 5.41) is 2.62. The zero-order valence-electron chi connectivity index (χ0n) is 21.2. The van der Waals surface area contributed by atoms with Crippen LogP contribution < -0.4 is 15.5 Å². The molecule has 2 unspecified atom stereocenters. The van der Waals surface area contributed by atoms with E-state index in [9.17, 15) is 18.0 Å². The predicted molar refractivity (Wildman–Crippen MR) is 132 cm³/mol. The van der Waals surface area contributed by atoms with E-state index in [4.69, 9.17) is 14.3 Å². The lowest BCUT2D eigenvalue weighted by Crippen LogP contribution is -2.32. The lowest BCUT2D eigenvalue weighted by molar-refractivity contribution is -0.137. The first kappa shape index (κ1) is 29.6. The Morgan fingerprint density at radius 3 is 2.39 bits per heavy atom. The Morgan fingerprint density at radius 1 is 1.03 bits per heavy atom. The van der Waals surface area contributed by atoms with E-state index in [-0.39, 0.29) is 25.2 Å². The van der Waals surface area contributed by atoms with Crippen molar-refractivity contribution < 1.29 is 32.3 Å². The van der Waals surface area contributed by atoms with Crippen LogP contribution in [0.3, 0.4) is 0 Å². The van der Waals surface area contributed by atoms with E-state index in [2.05, 4.69) is 22.6 Å². The van der Waals surface area contributed by atoms with Gasteiger partial charge in [0, 0.05) is 26.3 Å². The lowest BCUT2D eigenvalue weighted by atomic mass is 10.0. The fourth-order valence-corrected chi connectivity index (χ4v) is 3.44. The summed E-state index contributed by atoms with van der Waals surface area (Å²) in [5.74, 6) is 0.441. The van der Waals surface area contributed by atoms with Gasteiger partial charge < -0.3 is 19.7 Å². The number of hydrogen-bond donors (Lipinski definition) is 2. The zero-order chi connectivity index (χ0) is 26.6. The molecule has 0 spiro atoms. The van der Waals surface area contributed by atoms with Crippen LogP contribution in [0.15, 0.2) is 48.5 Å². The molecule has 36 heavy (non-hydrogen) atoms. The highest BCUT2D eigenvalue weighted by Gasteiger charge is 2.30. The van der Waals surface area contributed by atoms with Crippen LogP contribution in [0.25, 0.3) is 0 Å². The van der Waals surface area contributed by atoms with Gasteiger partial charge in [0.2, 0.25) is 0 Å². The van der Waals surface area contributed by atoms with Crippen LogP contribution in [-0.4, -0.2) is 52.0 Å². The SMILES string of the molecule is COCCCCC(NOCCNC(=O)Oc1cccc(C(C)N(C)C)c1)c1ccc(C(F)(F)F)cc1. The van der Waals surface area contributed by atoms with Crippen LogP contribution in [0.5, 0.6) is 5.75 Å². The second-order valence-corrected chi connectivity index (χ2v) is 8.66. The molecular formula is C26H36F3N3O4. The molecule has 0 saturated heterocycles. The number of benzene rings is 2. The number of hydrogen-bond acceptors (Lipinski definition) is 6. The van der Waals surface area contributed by atoms with Crippen molar-refractivity contribution >= 4 is 6.09 Å². The lowest BCUT2D eigenvalue weighted by Gasteiger charge is -2.20. The Kier molecular flexibility index (Phi) is 12.1. The van der Waals surface area contributed by atoms with Gasteiger partial charge in [-0.1, -0.05) is 24.3 Å². The standard InChI is InChI=1S/C26H36F3N3O4/c1-19(32(2)3)21-8-7-9-23(18-21)36-25(33)30-15-17-35-31-24(10-5-6-16-34-4)20-11-13-22(14-12-20)26(27,28)29/h7-9,11-14,18-19,24,31H,5-6,10,15-17H2,1-4H3,(H,30,33). The van der Waals surface area contributed by atoms with Crippen LogP contribution >= 0.6 is 0 Å². The quantitative estimate of drug-likeness (QED) is 0.258. The van der Waals surface area contributed by atoms with E-state index in [0.29, 0.717) is 24.3 Å². The molecule has 7 nitrogen and oxygen atoms in total. The molecule has 0 aliphatic heterocycles. The van der Waals surface area contributed by atoms with E-state index in [1.54, 1.807) is 13.2 Å². The number of alkyl halides is 3. The summed E-state index contributed by atoms with van der Waals surface area (Å²) in [7, 11) is 5.56. The normalized spacial score (nSPS) is 13.4. The van der Waals surface area contributed by atoms with Gasteiger partial charge in [-0.15, -0.1) is 0 Å². The fourth-order valence-electron chi connectivity index (χ4n) is 3.44. The Bertz CT molecular complexity index is 923. The van der Waals surface area contributed by atoms with Gasteiger partial charge in [-0.05, 0) is 75.7 Å². The van der Waals surface area contributed by atoms with E-state index < -0.39 is 17.8 Å². The monoisotopic (exact) mass is 511 g/mol. The predicted octanol–water partition coefficient (Wildman–Crippen LogP) is 5.50. The number of unbranched alkanes of at least 4 members (excludes halogenated alkanes) is 1. The van der Waals surface area contributed by atoms with Crippen LogP contribution in [-0.2, 0) is 15.8 Å². The van der Waals surface area contributed by atoms with Gasteiger partial charge in [0.1, 0.15) is 5.75 Å². The minimum atomic E-state index is -4.39. The van der Waals surface area contributed by atoms with Gasteiger partial charge in [0.05, 0.1) is 18.2 Å². The summed E-state index contributed by atoms with van der Waals surface area (Å²) in [4.78, 5) is 19.7. The minimum absolute atomic E-state index is 0.141. The Hall–Kier alpha value is -2.66. The van der Waals surface area contributed by atoms with E-state index in [1.165, 1.54) is 12.1 Å². The molecule has 200 valence electrons. The van der Waals surface area contributed by atoms with E-state index in [0.717, 1.165) is 30.5 Å². The molecule has 0 aromatic heterocycles. The number of nitrogens with zero attached hydrogens (tertiary/aromatic N) is 1. The average Bonchev–Trinajstić information content (AvgIpc) is 2.84. The highest BCUT2D eigenvalue weighted by Crippen LogP contribution is 2.30. The van der Waals surface area contributed by atoms with Crippen LogP contribution in [0.4, 0.5) is 18.0 Å². The molecule has 0 radical (unpaired) electrons. The second kappa shape index (κ2) is 14.8. The van der Waals surface area contributed by atoms with Gasteiger partial charge in [0.25, 0.3) is 0 Å². The summed E-state index contributed by atoms with van der Waals surface area (Å²) in [6.07, 6.45) is -2.73. The Balaban J connectivity index is 1.82. The third-order valence-corrected chi connectivity index (χ3v) is 5.76. The minimum Gasteiger partial charge on any atom is -0.410 e. The fraction of sp³-hybridized carbons (Fsp3) is 0.500. The first-order valence-electron chi connectivity index (χ1n) is 11.9. The van der Waals surface area contributed by atoms with Crippen molar-refractivity contribution in [3.63, 3.8) is 0 Å². The summed E-state index contributed by atoms with van der Waals surface area (Å²) < 4.78 is 49.1. The smallest absolute Gasteiger partial charge is 0.410 e. The molecule has 2 aromatic rings. The maximum Gasteiger partial charge on any atom is 0.416 e. The highest BCUT2D eigenvalue weighted by molar-refractivity contribution is 5.70. The Labute approximate surface area is 210 Å². The summed E-state index contributed by atoms with van der Waals surface area (Å²) in [5.41, 5.74) is 3.91. The van der Waals surface area contributed by atoms with Crippen molar-refractivity contribution in [3.05, 3.63) is 65.2 Å². The van der Waals surface area contributed by atoms with E-state index >= 15 is 0 Å². The van der Waals surface area contributed by atoms with Crippen molar-refractivity contribution in [2.75, 3.05) is 41.0 Å². The maximum atomic E-state index is 12.9. The van der Waals surface area contributed by atoms with Gasteiger partial charge in [-0.2, -0.15) is 18.7 Å². The molecule has 0 fully saturated rings. The third kappa shape index (κ3) is 10.1. The molecule has 2 atom stereocenters. The Morgan fingerprint density at radius 2 is 1.75 bits per heavy atom. The molecule has 0 aliphatic carbocycles. The molecule has 1 amide bonds. The largest absolute Gasteiger partial charge is 0.416 e. The summed E-state index contributed by atoms with van der Waals surface area (Å²) >= 11 is 0. The topological polar surface area (TPSA) is 72.1 Å². The number of nitrogens with one attached hydrogen (secondary N) is 2. The van der Waals surface area contributed by atoms with Crippen molar-refractivity contribution in [2.24, 2.45) is 0 Å². The molecule has 0 bridgehead atoms. The first-order chi connectivity index (χ1) is 17.1. The molecule has 10 heteroatoms. The summed E-state index contributed by atoms with van der Waals surface area (Å²) in [6, 6.07) is 12.2. The molecule has 0 saturated carbocycles. The molecule has 2 aromatic carbocycles. The maximum absolute atomic E-state index is 12.9. The average molecular weight is 512 g/mol. The van der Waals surface area contributed by atoms with Gasteiger partial charge >= 0.3 is 12.3 Å². The van der Waals surface area contributed by atoms with Crippen molar-refractivity contribution in [1.82, 2.24) is 15.7 Å². The third-order valence-electron chi connectivity index (χ3n) is 5.76. The van der Waals surface area contributed by atoms with Crippen molar-refractivity contribution in [1.29, 1.82) is 0 Å². The number of hydroxylamine groups is 1. The van der Waals surface area contributed by atoms with Crippen molar-refractivity contribution in [3.8, 4) is 5.75 Å². The zero-order valence-corrected chi connectivity index (χ0v) is 21.2. The number of halogens is 3. The molecule has 0 aliphatic rings. The molecule has 0 heterocycles. The number of carbonyl (C=O) groups is 1. The molecule has 2 rings (SSSR count). The summed E-state index contributed by atoms with van der Waals surface area (Å²) in [6.45, 7) is 2.98. The number of amides is 1. The first-order valence-corrected chi connectivity index (χ1v) is 11.9. The van der Waals surface area contributed by atoms with Crippen LogP contribution in [0.2, 0.25) is 0 Å².